The average Bonchev–Trinajstić information content (AvgIpc) is 3.06. The minimum atomic E-state index is -0.988. The van der Waals surface area contributed by atoms with Crippen LogP contribution < -0.4 is 10.0 Å². The Hall–Kier alpha value is -2.18. The third-order valence-corrected chi connectivity index (χ3v) is 5.70. The monoisotopic (exact) mass is 372 g/mol. The highest BCUT2D eigenvalue weighted by atomic mass is 35.5. The molecule has 1 aliphatic heterocycles. The molecule has 0 spiro atoms. The number of rotatable bonds is 3. The molecule has 5 nitrogen and oxygen atoms in total. The standard InChI is InChI=1S/C18H16ClN3O2S/c19-13-5-3-11(4-6-13)14-9-25-17-15(14)16(20-10-21-17)22-7-1-2-12(8-22)18(23)24/h3-6,9-10,12H,1-2,7-8H2,(H,23,24)/p-1/t12-/m1/s1. The van der Waals surface area contributed by atoms with Crippen molar-refractivity contribution in [3.63, 3.8) is 0 Å². The van der Waals surface area contributed by atoms with E-state index in [4.69, 9.17) is 11.6 Å². The van der Waals surface area contributed by atoms with Crippen LogP contribution in [0.25, 0.3) is 21.3 Å². The van der Waals surface area contributed by atoms with Crippen molar-refractivity contribution in [3.8, 4) is 11.1 Å². The van der Waals surface area contributed by atoms with Gasteiger partial charge in [0.25, 0.3) is 0 Å². The Labute approximate surface area is 153 Å². The molecule has 2 aromatic heterocycles. The highest BCUT2D eigenvalue weighted by Crippen LogP contribution is 2.39. The van der Waals surface area contributed by atoms with Crippen molar-refractivity contribution in [2.75, 3.05) is 18.0 Å². The van der Waals surface area contributed by atoms with Crippen LogP contribution in [0.2, 0.25) is 5.02 Å². The van der Waals surface area contributed by atoms with Crippen molar-refractivity contribution in [2.45, 2.75) is 12.8 Å². The Kier molecular flexibility index (Phi) is 4.31. The van der Waals surface area contributed by atoms with Gasteiger partial charge in [-0.2, -0.15) is 0 Å². The summed E-state index contributed by atoms with van der Waals surface area (Å²) in [5.74, 6) is -0.656. The molecule has 0 saturated carbocycles. The van der Waals surface area contributed by atoms with E-state index >= 15 is 0 Å². The topological polar surface area (TPSA) is 69.2 Å². The maximum Gasteiger partial charge on any atom is 0.141 e. The van der Waals surface area contributed by atoms with Crippen LogP contribution in [0.15, 0.2) is 36.0 Å². The molecule has 1 aliphatic rings. The Morgan fingerprint density at radius 1 is 1.28 bits per heavy atom. The number of benzene rings is 1. The van der Waals surface area contributed by atoms with Gasteiger partial charge in [-0.3, -0.25) is 0 Å². The zero-order valence-electron chi connectivity index (χ0n) is 13.3. The van der Waals surface area contributed by atoms with Gasteiger partial charge >= 0.3 is 0 Å². The summed E-state index contributed by atoms with van der Waals surface area (Å²) in [5, 5.41) is 15.0. The molecule has 1 aromatic carbocycles. The van der Waals surface area contributed by atoms with Gasteiger partial charge in [0.15, 0.2) is 0 Å². The molecule has 128 valence electrons. The van der Waals surface area contributed by atoms with Crippen molar-refractivity contribution in [1.29, 1.82) is 0 Å². The SMILES string of the molecule is O=C([O-])[C@@H]1CCCN(c2ncnc3scc(-c4ccc(Cl)cc4)c23)C1. The number of hydrogen-bond acceptors (Lipinski definition) is 6. The number of carbonyl (C=O) groups is 1. The molecule has 3 heterocycles. The lowest BCUT2D eigenvalue weighted by molar-refractivity contribution is -0.311. The number of fused-ring (bicyclic) bond motifs is 1. The van der Waals surface area contributed by atoms with Gasteiger partial charge in [0.05, 0.1) is 5.39 Å². The summed E-state index contributed by atoms with van der Waals surface area (Å²) in [6.45, 7) is 1.20. The van der Waals surface area contributed by atoms with Crippen LogP contribution >= 0.6 is 22.9 Å². The van der Waals surface area contributed by atoms with Crippen LogP contribution in [0, 0.1) is 5.92 Å². The second kappa shape index (κ2) is 6.61. The predicted octanol–water partition coefficient (Wildman–Crippen LogP) is 2.98. The quantitative estimate of drug-likeness (QED) is 0.707. The number of halogens is 1. The number of aliphatic carboxylic acids is 1. The van der Waals surface area contributed by atoms with Crippen LogP contribution in [0.5, 0.6) is 0 Å². The molecular weight excluding hydrogens is 358 g/mol. The van der Waals surface area contributed by atoms with Gasteiger partial charge in [-0.05, 0) is 30.5 Å². The molecule has 0 radical (unpaired) electrons. The minimum absolute atomic E-state index is 0.421. The molecule has 0 N–H and O–H groups in total. The van der Waals surface area contributed by atoms with Crippen molar-refractivity contribution in [1.82, 2.24) is 9.97 Å². The number of carboxylic acid groups (broad SMARTS) is 1. The Balaban J connectivity index is 1.80. The Bertz CT molecular complexity index is 926. The van der Waals surface area contributed by atoms with E-state index < -0.39 is 11.9 Å². The molecule has 3 aromatic rings. The lowest BCUT2D eigenvalue weighted by Crippen LogP contribution is -2.44. The predicted molar refractivity (Wildman–Crippen MR) is 97.8 cm³/mol. The maximum atomic E-state index is 11.3. The fourth-order valence-electron chi connectivity index (χ4n) is 3.30. The number of carboxylic acids is 1. The van der Waals surface area contributed by atoms with E-state index in [1.54, 1.807) is 17.7 Å². The van der Waals surface area contributed by atoms with Gasteiger partial charge in [0.1, 0.15) is 17.0 Å². The molecule has 0 amide bonds. The smallest absolute Gasteiger partial charge is 0.141 e. The number of aromatic nitrogens is 2. The summed E-state index contributed by atoms with van der Waals surface area (Å²) in [6, 6.07) is 7.66. The van der Waals surface area contributed by atoms with E-state index in [-0.39, 0.29) is 0 Å². The normalized spacial score (nSPS) is 17.8. The molecule has 1 fully saturated rings. The van der Waals surface area contributed by atoms with E-state index in [0.29, 0.717) is 18.0 Å². The number of hydrogen-bond donors (Lipinski definition) is 0. The summed E-state index contributed by atoms with van der Waals surface area (Å²) in [5.41, 5.74) is 2.09. The summed E-state index contributed by atoms with van der Waals surface area (Å²) in [4.78, 5) is 23.1. The van der Waals surface area contributed by atoms with Gasteiger partial charge in [0, 0.05) is 40.9 Å². The molecule has 0 bridgehead atoms. The fraction of sp³-hybridized carbons (Fsp3) is 0.278. The maximum absolute atomic E-state index is 11.3. The van der Waals surface area contributed by atoms with Crippen molar-refractivity contribution in [2.24, 2.45) is 5.92 Å². The van der Waals surface area contributed by atoms with Gasteiger partial charge in [-0.1, -0.05) is 23.7 Å². The molecule has 0 unspecified atom stereocenters. The molecular formula is C18H15ClN3O2S-. The summed E-state index contributed by atoms with van der Waals surface area (Å²) >= 11 is 7.56. The van der Waals surface area contributed by atoms with Gasteiger partial charge in [-0.15, -0.1) is 11.3 Å². The first kappa shape index (κ1) is 16.3. The van der Waals surface area contributed by atoms with Crippen LogP contribution in [0.1, 0.15) is 12.8 Å². The first-order chi connectivity index (χ1) is 12.1. The number of nitrogens with zero attached hydrogens (tertiary/aromatic N) is 3. The molecule has 25 heavy (non-hydrogen) atoms. The number of thiophene rings is 1. The van der Waals surface area contributed by atoms with Gasteiger partial charge in [0.2, 0.25) is 0 Å². The van der Waals surface area contributed by atoms with Crippen molar-refractivity contribution >= 4 is 44.9 Å². The third-order valence-electron chi connectivity index (χ3n) is 4.56. The van der Waals surface area contributed by atoms with E-state index in [1.807, 2.05) is 29.2 Å². The largest absolute Gasteiger partial charge is 0.550 e. The number of piperidine rings is 1. The zero-order chi connectivity index (χ0) is 17.4. The first-order valence-electron chi connectivity index (χ1n) is 8.07. The summed E-state index contributed by atoms with van der Waals surface area (Å²) in [7, 11) is 0. The Morgan fingerprint density at radius 3 is 2.84 bits per heavy atom. The van der Waals surface area contributed by atoms with E-state index in [1.165, 1.54) is 0 Å². The lowest BCUT2D eigenvalue weighted by Gasteiger charge is -2.34. The molecule has 7 heteroatoms. The van der Waals surface area contributed by atoms with Crippen LogP contribution in [0.4, 0.5) is 5.82 Å². The van der Waals surface area contributed by atoms with E-state index in [9.17, 15) is 9.90 Å². The minimum Gasteiger partial charge on any atom is -0.550 e. The van der Waals surface area contributed by atoms with Crippen molar-refractivity contribution < 1.29 is 9.90 Å². The van der Waals surface area contributed by atoms with Crippen LogP contribution in [-0.4, -0.2) is 29.0 Å². The highest BCUT2D eigenvalue weighted by molar-refractivity contribution is 7.17. The second-order valence-electron chi connectivity index (χ2n) is 6.14. The van der Waals surface area contributed by atoms with Gasteiger partial charge < -0.3 is 14.8 Å². The number of carbonyl (C=O) groups excluding carboxylic acids is 1. The van der Waals surface area contributed by atoms with Gasteiger partial charge in [-0.25, -0.2) is 9.97 Å². The summed E-state index contributed by atoms with van der Waals surface area (Å²) in [6.07, 6.45) is 3.01. The lowest BCUT2D eigenvalue weighted by atomic mass is 9.97. The average molecular weight is 373 g/mol. The first-order valence-corrected chi connectivity index (χ1v) is 9.33. The molecule has 4 rings (SSSR count). The van der Waals surface area contributed by atoms with E-state index in [2.05, 4.69) is 15.3 Å². The molecule has 1 saturated heterocycles. The zero-order valence-corrected chi connectivity index (χ0v) is 14.9. The van der Waals surface area contributed by atoms with Crippen LogP contribution in [0.3, 0.4) is 0 Å². The third kappa shape index (κ3) is 3.07. The highest BCUT2D eigenvalue weighted by Gasteiger charge is 2.24. The molecule has 1 atom stereocenters. The number of anilines is 1. The fourth-order valence-corrected chi connectivity index (χ4v) is 4.34. The van der Waals surface area contributed by atoms with E-state index in [0.717, 1.165) is 40.1 Å². The summed E-state index contributed by atoms with van der Waals surface area (Å²) < 4.78 is 0. The second-order valence-corrected chi connectivity index (χ2v) is 7.43. The van der Waals surface area contributed by atoms with Crippen molar-refractivity contribution in [3.05, 3.63) is 41.0 Å². The molecule has 0 aliphatic carbocycles. The van der Waals surface area contributed by atoms with Crippen LogP contribution in [-0.2, 0) is 4.79 Å². The Morgan fingerprint density at radius 2 is 2.08 bits per heavy atom.